The maximum Gasteiger partial charge on any atom is 0.224 e. The van der Waals surface area contributed by atoms with Gasteiger partial charge in [0.1, 0.15) is 0 Å². The number of hydrogen-bond acceptors (Lipinski definition) is 2. The molecule has 0 aliphatic heterocycles. The minimum Gasteiger partial charge on any atom is -0.348 e. The molecule has 3 aromatic carbocycles. The number of hydrogen-bond donors (Lipinski definition) is 2. The molecular formula is C21H22N2O. The van der Waals surface area contributed by atoms with E-state index in [2.05, 4.69) is 29.6 Å². The van der Waals surface area contributed by atoms with E-state index < -0.39 is 0 Å². The molecule has 3 N–H and O–H groups in total. The first-order chi connectivity index (χ1) is 11.7. The van der Waals surface area contributed by atoms with Gasteiger partial charge in [-0.2, -0.15) is 0 Å². The van der Waals surface area contributed by atoms with Crippen molar-refractivity contribution in [3.8, 4) is 0 Å². The summed E-state index contributed by atoms with van der Waals surface area (Å²) < 4.78 is 0. The Kier molecular flexibility index (Phi) is 4.92. The second-order valence-electron chi connectivity index (χ2n) is 6.13. The van der Waals surface area contributed by atoms with Crippen molar-refractivity contribution in [3.05, 3.63) is 83.4 Å². The van der Waals surface area contributed by atoms with Gasteiger partial charge in [-0.3, -0.25) is 4.79 Å². The van der Waals surface area contributed by atoms with Crippen molar-refractivity contribution in [2.45, 2.75) is 19.4 Å². The van der Waals surface area contributed by atoms with Crippen molar-refractivity contribution in [1.82, 2.24) is 5.32 Å². The molecule has 0 aliphatic rings. The fourth-order valence-electron chi connectivity index (χ4n) is 2.96. The predicted octanol–water partition coefficient (Wildman–Crippen LogP) is 3.51. The predicted molar refractivity (Wildman–Crippen MR) is 98.8 cm³/mol. The molecule has 1 unspecified atom stereocenters. The van der Waals surface area contributed by atoms with E-state index in [0.717, 1.165) is 22.1 Å². The monoisotopic (exact) mass is 318 g/mol. The zero-order valence-corrected chi connectivity index (χ0v) is 13.8. The van der Waals surface area contributed by atoms with E-state index >= 15 is 0 Å². The van der Waals surface area contributed by atoms with Gasteiger partial charge in [-0.1, -0.05) is 66.2 Å². The lowest BCUT2D eigenvalue weighted by Crippen LogP contribution is -2.34. The maximum atomic E-state index is 12.4. The van der Waals surface area contributed by atoms with Crippen LogP contribution in [0.3, 0.4) is 0 Å². The summed E-state index contributed by atoms with van der Waals surface area (Å²) in [6, 6.07) is 22.2. The van der Waals surface area contributed by atoms with E-state index in [1.54, 1.807) is 0 Å². The smallest absolute Gasteiger partial charge is 0.224 e. The largest absolute Gasteiger partial charge is 0.348 e. The Morgan fingerprint density at radius 2 is 1.79 bits per heavy atom. The van der Waals surface area contributed by atoms with Crippen LogP contribution in [0.15, 0.2) is 66.7 Å². The lowest BCUT2D eigenvalue weighted by Gasteiger charge is -2.18. The average molecular weight is 318 g/mol. The average Bonchev–Trinajstić information content (AvgIpc) is 2.59. The molecule has 0 aliphatic carbocycles. The molecule has 122 valence electrons. The zero-order valence-electron chi connectivity index (χ0n) is 13.8. The Hall–Kier alpha value is -2.65. The Morgan fingerprint density at radius 1 is 1.00 bits per heavy atom. The Balaban J connectivity index is 1.74. The molecule has 1 amide bonds. The summed E-state index contributed by atoms with van der Waals surface area (Å²) in [6.45, 7) is 2.40. The van der Waals surface area contributed by atoms with Crippen molar-refractivity contribution < 1.29 is 4.79 Å². The van der Waals surface area contributed by atoms with Gasteiger partial charge in [-0.15, -0.1) is 0 Å². The molecular weight excluding hydrogens is 296 g/mol. The minimum atomic E-state index is -0.174. The van der Waals surface area contributed by atoms with Crippen molar-refractivity contribution >= 4 is 16.7 Å². The molecule has 0 fully saturated rings. The third-order valence-corrected chi connectivity index (χ3v) is 4.19. The highest BCUT2D eigenvalue weighted by Gasteiger charge is 2.14. The summed E-state index contributed by atoms with van der Waals surface area (Å²) in [7, 11) is 0. The number of aryl methyl sites for hydroxylation is 1. The first-order valence-electron chi connectivity index (χ1n) is 8.19. The molecule has 24 heavy (non-hydrogen) atoms. The van der Waals surface area contributed by atoms with Gasteiger partial charge < -0.3 is 11.1 Å². The van der Waals surface area contributed by atoms with Gasteiger partial charge in [0.25, 0.3) is 0 Å². The molecule has 0 aromatic heterocycles. The highest BCUT2D eigenvalue weighted by atomic mass is 16.1. The lowest BCUT2D eigenvalue weighted by atomic mass is 10.0. The Labute approximate surface area is 142 Å². The number of carbonyl (C=O) groups is 1. The van der Waals surface area contributed by atoms with Gasteiger partial charge in [-0.25, -0.2) is 0 Å². The second-order valence-corrected chi connectivity index (χ2v) is 6.13. The van der Waals surface area contributed by atoms with Gasteiger partial charge >= 0.3 is 0 Å². The van der Waals surface area contributed by atoms with Crippen LogP contribution in [-0.2, 0) is 11.2 Å². The van der Waals surface area contributed by atoms with Crippen molar-refractivity contribution in [2.24, 2.45) is 5.73 Å². The van der Waals surface area contributed by atoms with Crippen LogP contribution in [0.2, 0.25) is 0 Å². The molecule has 1 atom stereocenters. The van der Waals surface area contributed by atoms with Crippen LogP contribution >= 0.6 is 0 Å². The lowest BCUT2D eigenvalue weighted by molar-refractivity contribution is -0.121. The standard InChI is InChI=1S/C21H22N2O/c1-15-5-4-6-16(11-15)12-21(24)23-20(14-22)19-10-9-17-7-2-3-8-18(17)13-19/h2-11,13,20H,12,14,22H2,1H3,(H,23,24). The first kappa shape index (κ1) is 16.2. The fraction of sp³-hybridized carbons (Fsp3) is 0.190. The zero-order chi connectivity index (χ0) is 16.9. The molecule has 0 spiro atoms. The maximum absolute atomic E-state index is 12.4. The van der Waals surface area contributed by atoms with Crippen LogP contribution in [0.1, 0.15) is 22.7 Å². The van der Waals surface area contributed by atoms with E-state index in [-0.39, 0.29) is 11.9 Å². The quantitative estimate of drug-likeness (QED) is 0.756. The summed E-state index contributed by atoms with van der Waals surface area (Å²) in [5.74, 6) is -0.00999. The topological polar surface area (TPSA) is 55.1 Å². The van der Waals surface area contributed by atoms with Crippen LogP contribution in [0, 0.1) is 6.92 Å². The van der Waals surface area contributed by atoms with Crippen LogP contribution in [0.25, 0.3) is 10.8 Å². The summed E-state index contributed by atoms with van der Waals surface area (Å²) in [5.41, 5.74) is 9.11. The van der Waals surface area contributed by atoms with E-state index in [1.165, 1.54) is 5.39 Å². The van der Waals surface area contributed by atoms with Crippen molar-refractivity contribution in [1.29, 1.82) is 0 Å². The van der Waals surface area contributed by atoms with Gasteiger partial charge in [0.2, 0.25) is 5.91 Å². The normalized spacial score (nSPS) is 12.1. The number of fused-ring (bicyclic) bond motifs is 1. The third-order valence-electron chi connectivity index (χ3n) is 4.19. The molecule has 3 rings (SSSR count). The SMILES string of the molecule is Cc1cccc(CC(=O)NC(CN)c2ccc3ccccc3c2)c1. The molecule has 0 saturated heterocycles. The molecule has 3 nitrogen and oxygen atoms in total. The number of benzene rings is 3. The first-order valence-corrected chi connectivity index (χ1v) is 8.19. The minimum absolute atomic E-state index is 0.00999. The van der Waals surface area contributed by atoms with Gasteiger partial charge in [0, 0.05) is 6.54 Å². The summed E-state index contributed by atoms with van der Waals surface area (Å²) >= 11 is 0. The van der Waals surface area contributed by atoms with E-state index in [4.69, 9.17) is 5.73 Å². The molecule has 0 radical (unpaired) electrons. The number of amides is 1. The third kappa shape index (κ3) is 3.81. The number of nitrogens with two attached hydrogens (primary N) is 1. The van der Waals surface area contributed by atoms with E-state index in [9.17, 15) is 4.79 Å². The Bertz CT molecular complexity index is 857. The molecule has 3 aromatic rings. The molecule has 0 bridgehead atoms. The highest BCUT2D eigenvalue weighted by molar-refractivity contribution is 5.83. The molecule has 3 heteroatoms. The number of carbonyl (C=O) groups excluding carboxylic acids is 1. The van der Waals surface area contributed by atoms with Crippen LogP contribution in [0.5, 0.6) is 0 Å². The van der Waals surface area contributed by atoms with Gasteiger partial charge in [0.05, 0.1) is 12.5 Å². The second kappa shape index (κ2) is 7.28. The number of rotatable bonds is 5. The van der Waals surface area contributed by atoms with Crippen LogP contribution < -0.4 is 11.1 Å². The summed E-state index contributed by atoms with van der Waals surface area (Å²) in [4.78, 5) is 12.4. The molecule has 0 saturated carbocycles. The highest BCUT2D eigenvalue weighted by Crippen LogP contribution is 2.20. The molecule has 0 heterocycles. The van der Waals surface area contributed by atoms with Crippen molar-refractivity contribution in [3.63, 3.8) is 0 Å². The van der Waals surface area contributed by atoms with E-state index in [0.29, 0.717) is 13.0 Å². The van der Waals surface area contributed by atoms with Gasteiger partial charge in [0.15, 0.2) is 0 Å². The van der Waals surface area contributed by atoms with Crippen LogP contribution in [-0.4, -0.2) is 12.5 Å². The Morgan fingerprint density at radius 3 is 2.54 bits per heavy atom. The van der Waals surface area contributed by atoms with Gasteiger partial charge in [-0.05, 0) is 34.9 Å². The van der Waals surface area contributed by atoms with E-state index in [1.807, 2.05) is 49.4 Å². The number of nitrogens with one attached hydrogen (secondary N) is 1. The van der Waals surface area contributed by atoms with Crippen molar-refractivity contribution in [2.75, 3.05) is 6.54 Å². The summed E-state index contributed by atoms with van der Waals surface area (Å²) in [6.07, 6.45) is 0.367. The summed E-state index contributed by atoms with van der Waals surface area (Å²) in [5, 5.41) is 5.39. The fourth-order valence-corrected chi connectivity index (χ4v) is 2.96. The van der Waals surface area contributed by atoms with Crippen LogP contribution in [0.4, 0.5) is 0 Å².